The molecule has 0 aliphatic carbocycles. The van der Waals surface area contributed by atoms with Crippen LogP contribution in [0.15, 0.2) is 30.5 Å². The van der Waals surface area contributed by atoms with Crippen LogP contribution < -0.4 is 0 Å². The van der Waals surface area contributed by atoms with E-state index < -0.39 is 0 Å². The summed E-state index contributed by atoms with van der Waals surface area (Å²) >= 11 is 3.45. The van der Waals surface area contributed by atoms with Gasteiger partial charge in [-0.1, -0.05) is 35.0 Å². The molecule has 0 aliphatic heterocycles. The number of halogens is 2. The molecule has 4 heteroatoms. The van der Waals surface area contributed by atoms with Crippen molar-refractivity contribution in [2.45, 2.75) is 25.2 Å². The lowest BCUT2D eigenvalue weighted by molar-refractivity contribution is 0.613. The van der Waals surface area contributed by atoms with Crippen LogP contribution in [0.1, 0.15) is 23.7 Å². The SMILES string of the molecule is CCc1c(CBr)cnn1Cc1cccc(F)c1. The van der Waals surface area contributed by atoms with Crippen molar-refractivity contribution in [2.75, 3.05) is 0 Å². The fourth-order valence-corrected chi connectivity index (χ4v) is 2.38. The van der Waals surface area contributed by atoms with E-state index in [0.717, 1.165) is 17.3 Å². The highest BCUT2D eigenvalue weighted by atomic mass is 79.9. The lowest BCUT2D eigenvalue weighted by Gasteiger charge is -2.07. The van der Waals surface area contributed by atoms with E-state index in [-0.39, 0.29) is 5.82 Å². The van der Waals surface area contributed by atoms with Gasteiger partial charge in [-0.15, -0.1) is 0 Å². The fraction of sp³-hybridized carbons (Fsp3) is 0.308. The highest BCUT2D eigenvalue weighted by Gasteiger charge is 2.08. The van der Waals surface area contributed by atoms with Gasteiger partial charge in [0.15, 0.2) is 0 Å². The third kappa shape index (κ3) is 2.75. The van der Waals surface area contributed by atoms with Crippen LogP contribution in [0.4, 0.5) is 4.39 Å². The number of benzene rings is 1. The predicted molar refractivity (Wildman–Crippen MR) is 69.7 cm³/mol. The number of alkyl halides is 1. The topological polar surface area (TPSA) is 17.8 Å². The monoisotopic (exact) mass is 296 g/mol. The molecule has 0 saturated heterocycles. The average molecular weight is 297 g/mol. The number of nitrogens with zero attached hydrogens (tertiary/aromatic N) is 2. The molecule has 1 aromatic carbocycles. The van der Waals surface area contributed by atoms with E-state index in [4.69, 9.17) is 0 Å². The molecule has 2 rings (SSSR count). The Balaban J connectivity index is 2.27. The van der Waals surface area contributed by atoms with Crippen molar-refractivity contribution in [3.63, 3.8) is 0 Å². The molecule has 0 atom stereocenters. The van der Waals surface area contributed by atoms with Gasteiger partial charge in [0.25, 0.3) is 0 Å². The van der Waals surface area contributed by atoms with Crippen molar-refractivity contribution < 1.29 is 4.39 Å². The maximum Gasteiger partial charge on any atom is 0.123 e. The summed E-state index contributed by atoms with van der Waals surface area (Å²) < 4.78 is 15.0. The minimum Gasteiger partial charge on any atom is -0.265 e. The zero-order chi connectivity index (χ0) is 12.3. The van der Waals surface area contributed by atoms with Crippen molar-refractivity contribution in [3.8, 4) is 0 Å². The average Bonchev–Trinajstić information content (AvgIpc) is 2.71. The molecule has 0 saturated carbocycles. The lowest BCUT2D eigenvalue weighted by Crippen LogP contribution is -2.06. The normalized spacial score (nSPS) is 10.8. The van der Waals surface area contributed by atoms with E-state index >= 15 is 0 Å². The van der Waals surface area contributed by atoms with Crippen LogP contribution in [0.2, 0.25) is 0 Å². The largest absolute Gasteiger partial charge is 0.265 e. The molecular formula is C13H14BrFN2. The standard InChI is InChI=1S/C13H14BrFN2/c1-2-13-11(7-14)8-16-17(13)9-10-4-3-5-12(15)6-10/h3-6,8H,2,7,9H2,1H3. The first-order chi connectivity index (χ1) is 8.24. The van der Waals surface area contributed by atoms with Gasteiger partial charge in [-0.3, -0.25) is 4.68 Å². The third-order valence-corrected chi connectivity index (χ3v) is 3.34. The van der Waals surface area contributed by atoms with Crippen molar-refractivity contribution in [3.05, 3.63) is 53.1 Å². The van der Waals surface area contributed by atoms with E-state index in [9.17, 15) is 4.39 Å². The van der Waals surface area contributed by atoms with Crippen LogP contribution in [-0.4, -0.2) is 9.78 Å². The summed E-state index contributed by atoms with van der Waals surface area (Å²) in [5.41, 5.74) is 3.33. The summed E-state index contributed by atoms with van der Waals surface area (Å²) in [7, 11) is 0. The first kappa shape index (κ1) is 12.3. The molecule has 0 unspecified atom stereocenters. The maximum atomic E-state index is 13.1. The van der Waals surface area contributed by atoms with Gasteiger partial charge < -0.3 is 0 Å². The third-order valence-electron chi connectivity index (χ3n) is 2.74. The minimum absolute atomic E-state index is 0.201. The molecule has 0 spiro atoms. The summed E-state index contributed by atoms with van der Waals surface area (Å²) in [6.45, 7) is 2.72. The summed E-state index contributed by atoms with van der Waals surface area (Å²) in [6.07, 6.45) is 2.79. The van der Waals surface area contributed by atoms with Gasteiger partial charge in [0.05, 0.1) is 12.7 Å². The maximum absolute atomic E-state index is 13.1. The zero-order valence-corrected chi connectivity index (χ0v) is 11.2. The first-order valence-electron chi connectivity index (χ1n) is 5.58. The van der Waals surface area contributed by atoms with Gasteiger partial charge in [-0.25, -0.2) is 4.39 Å². The Morgan fingerprint density at radius 2 is 2.24 bits per heavy atom. The van der Waals surface area contributed by atoms with Gasteiger partial charge in [-0.2, -0.15) is 5.10 Å². The van der Waals surface area contributed by atoms with Crippen molar-refractivity contribution in [1.82, 2.24) is 9.78 Å². The Morgan fingerprint density at radius 3 is 2.88 bits per heavy atom. The molecule has 2 nitrogen and oxygen atoms in total. The van der Waals surface area contributed by atoms with Crippen LogP contribution in [-0.2, 0) is 18.3 Å². The number of rotatable bonds is 4. The van der Waals surface area contributed by atoms with E-state index in [2.05, 4.69) is 28.0 Å². The Labute approximate surface area is 109 Å². The van der Waals surface area contributed by atoms with Crippen molar-refractivity contribution in [1.29, 1.82) is 0 Å². The molecule has 0 aliphatic rings. The van der Waals surface area contributed by atoms with Gasteiger partial charge in [0.1, 0.15) is 5.82 Å². The van der Waals surface area contributed by atoms with Crippen molar-refractivity contribution in [2.24, 2.45) is 0 Å². The molecular weight excluding hydrogens is 283 g/mol. The quantitative estimate of drug-likeness (QED) is 0.789. The molecule has 0 fully saturated rings. The molecule has 90 valence electrons. The summed E-state index contributed by atoms with van der Waals surface area (Å²) in [6, 6.07) is 6.65. The molecule has 17 heavy (non-hydrogen) atoms. The molecule has 0 bridgehead atoms. The Hall–Kier alpha value is -1.16. The van der Waals surface area contributed by atoms with Crippen molar-refractivity contribution >= 4 is 15.9 Å². The van der Waals surface area contributed by atoms with E-state index in [1.165, 1.54) is 17.3 Å². The first-order valence-corrected chi connectivity index (χ1v) is 6.70. The van der Waals surface area contributed by atoms with Gasteiger partial charge in [0.2, 0.25) is 0 Å². The van der Waals surface area contributed by atoms with Crippen LogP contribution in [0.25, 0.3) is 0 Å². The second-order valence-corrected chi connectivity index (χ2v) is 4.45. The molecule has 0 amide bonds. The highest BCUT2D eigenvalue weighted by Crippen LogP contribution is 2.15. The molecule has 1 heterocycles. The summed E-state index contributed by atoms with van der Waals surface area (Å²) in [5.74, 6) is -0.201. The number of hydrogen-bond acceptors (Lipinski definition) is 1. The Morgan fingerprint density at radius 1 is 1.41 bits per heavy atom. The summed E-state index contributed by atoms with van der Waals surface area (Å²) in [4.78, 5) is 0. The molecule has 0 N–H and O–H groups in total. The number of hydrogen-bond donors (Lipinski definition) is 0. The van der Waals surface area contributed by atoms with Crippen LogP contribution in [0.5, 0.6) is 0 Å². The van der Waals surface area contributed by atoms with Crippen LogP contribution in [0.3, 0.4) is 0 Å². The second-order valence-electron chi connectivity index (χ2n) is 3.89. The van der Waals surface area contributed by atoms with Crippen LogP contribution in [0, 0.1) is 5.82 Å². The van der Waals surface area contributed by atoms with E-state index in [0.29, 0.717) is 6.54 Å². The fourth-order valence-electron chi connectivity index (χ4n) is 1.92. The van der Waals surface area contributed by atoms with Gasteiger partial charge in [0, 0.05) is 16.6 Å². The zero-order valence-electron chi connectivity index (χ0n) is 9.66. The Kier molecular flexibility index (Phi) is 3.94. The highest BCUT2D eigenvalue weighted by molar-refractivity contribution is 9.08. The predicted octanol–water partition coefficient (Wildman–Crippen LogP) is 3.53. The van der Waals surface area contributed by atoms with E-state index in [1.807, 2.05) is 16.9 Å². The second kappa shape index (κ2) is 5.45. The Bertz CT molecular complexity index is 508. The number of aromatic nitrogens is 2. The van der Waals surface area contributed by atoms with E-state index in [1.54, 1.807) is 12.1 Å². The minimum atomic E-state index is -0.201. The van der Waals surface area contributed by atoms with Gasteiger partial charge >= 0.3 is 0 Å². The smallest absolute Gasteiger partial charge is 0.123 e. The molecule has 2 aromatic rings. The summed E-state index contributed by atoms with van der Waals surface area (Å²) in [5, 5.41) is 5.15. The molecule has 1 aromatic heterocycles. The van der Waals surface area contributed by atoms with Gasteiger partial charge in [-0.05, 0) is 24.1 Å². The van der Waals surface area contributed by atoms with Crippen LogP contribution >= 0.6 is 15.9 Å². The molecule has 0 radical (unpaired) electrons. The lowest BCUT2D eigenvalue weighted by atomic mass is 10.2.